The molecule has 0 radical (unpaired) electrons. The zero-order chi connectivity index (χ0) is 28.3. The second-order valence-electron chi connectivity index (χ2n) is 8.17. The number of methoxy groups -OCH3 is 1. The second-order valence-corrected chi connectivity index (χ2v) is 8.17. The molecule has 0 spiro atoms. The fourth-order valence-corrected chi connectivity index (χ4v) is 3.64. The highest BCUT2D eigenvalue weighted by molar-refractivity contribution is 6.02. The van der Waals surface area contributed by atoms with Crippen LogP contribution in [0.15, 0.2) is 67.0 Å². The van der Waals surface area contributed by atoms with Gasteiger partial charge in [-0.3, -0.25) is 10.4 Å². The maximum absolute atomic E-state index is 13.3. The number of rotatable bonds is 6. The molecular weight excluding hydrogens is 533 g/mol. The molecule has 0 aliphatic rings. The van der Waals surface area contributed by atoms with Crippen molar-refractivity contribution in [2.24, 2.45) is 0 Å². The monoisotopic (exact) mass is 552 g/mol. The van der Waals surface area contributed by atoms with Gasteiger partial charge in [0.2, 0.25) is 5.95 Å². The third-order valence-electron chi connectivity index (χ3n) is 5.46. The Bertz CT molecular complexity index is 1670. The molecule has 2 aromatic heterocycles. The first-order valence-corrected chi connectivity index (χ1v) is 11.5. The molecule has 3 aromatic carbocycles. The predicted molar refractivity (Wildman–Crippen MR) is 138 cm³/mol. The van der Waals surface area contributed by atoms with E-state index in [0.29, 0.717) is 28.2 Å². The number of hydrogen-bond acceptors (Lipinski definition) is 7. The summed E-state index contributed by atoms with van der Waals surface area (Å²) in [5, 5.41) is 13.8. The van der Waals surface area contributed by atoms with Crippen LogP contribution in [-0.4, -0.2) is 44.4 Å². The SMILES string of the molecule is COC(=O)Nc1nc2cc(Oc3ccc(NC(=O)Nc4cc(C(F)(F)F)ccc4-c4nc[nH]n4)cc3)ccc2[nH]1. The molecule has 0 bridgehead atoms. The van der Waals surface area contributed by atoms with Crippen LogP contribution in [0.4, 0.5) is 40.1 Å². The Morgan fingerprint density at radius 3 is 2.40 bits per heavy atom. The van der Waals surface area contributed by atoms with E-state index >= 15 is 0 Å². The maximum Gasteiger partial charge on any atom is 0.416 e. The highest BCUT2D eigenvalue weighted by Gasteiger charge is 2.31. The van der Waals surface area contributed by atoms with E-state index in [1.54, 1.807) is 42.5 Å². The molecule has 0 aliphatic carbocycles. The number of aromatic nitrogens is 5. The second kappa shape index (κ2) is 10.6. The molecule has 40 heavy (non-hydrogen) atoms. The topological polar surface area (TPSA) is 159 Å². The minimum absolute atomic E-state index is 0.120. The molecule has 204 valence electrons. The molecule has 0 unspecified atom stereocenters. The lowest BCUT2D eigenvalue weighted by Gasteiger charge is -2.14. The molecule has 5 aromatic rings. The van der Waals surface area contributed by atoms with Gasteiger partial charge < -0.3 is 25.1 Å². The van der Waals surface area contributed by atoms with Crippen LogP contribution in [-0.2, 0) is 10.9 Å². The van der Waals surface area contributed by atoms with E-state index in [1.165, 1.54) is 19.5 Å². The largest absolute Gasteiger partial charge is 0.457 e. The molecule has 5 rings (SSSR count). The summed E-state index contributed by atoms with van der Waals surface area (Å²) in [4.78, 5) is 35.1. The van der Waals surface area contributed by atoms with Crippen LogP contribution in [0.2, 0.25) is 0 Å². The lowest BCUT2D eigenvalue weighted by molar-refractivity contribution is -0.137. The van der Waals surface area contributed by atoms with E-state index in [4.69, 9.17) is 4.74 Å². The number of hydrogen-bond donors (Lipinski definition) is 5. The Labute approximate surface area is 222 Å². The number of aromatic amines is 2. The Morgan fingerprint density at radius 1 is 0.925 bits per heavy atom. The van der Waals surface area contributed by atoms with Crippen molar-refractivity contribution in [2.75, 3.05) is 23.1 Å². The van der Waals surface area contributed by atoms with Crippen molar-refractivity contribution in [3.63, 3.8) is 0 Å². The minimum Gasteiger partial charge on any atom is -0.457 e. The van der Waals surface area contributed by atoms with Gasteiger partial charge in [0.25, 0.3) is 0 Å². The van der Waals surface area contributed by atoms with Crippen LogP contribution in [0.3, 0.4) is 0 Å². The number of fused-ring (bicyclic) bond motifs is 1. The van der Waals surface area contributed by atoms with Gasteiger partial charge in [0.15, 0.2) is 5.82 Å². The first-order valence-electron chi connectivity index (χ1n) is 11.5. The maximum atomic E-state index is 13.3. The number of carbonyl (C=O) groups is 2. The van der Waals surface area contributed by atoms with Gasteiger partial charge in [-0.1, -0.05) is 0 Å². The molecule has 2 heterocycles. The van der Waals surface area contributed by atoms with E-state index in [1.807, 2.05) is 0 Å². The van der Waals surface area contributed by atoms with E-state index in [9.17, 15) is 22.8 Å². The summed E-state index contributed by atoms with van der Waals surface area (Å²) in [6.45, 7) is 0. The normalized spacial score (nSPS) is 11.2. The van der Waals surface area contributed by atoms with Gasteiger partial charge in [-0.25, -0.2) is 19.6 Å². The van der Waals surface area contributed by atoms with Gasteiger partial charge >= 0.3 is 18.3 Å². The average molecular weight is 552 g/mol. The fraction of sp³-hybridized carbons (Fsp3) is 0.0800. The summed E-state index contributed by atoms with van der Waals surface area (Å²) >= 11 is 0. The molecule has 3 amide bonds. The van der Waals surface area contributed by atoms with Crippen molar-refractivity contribution < 1.29 is 32.2 Å². The van der Waals surface area contributed by atoms with Gasteiger partial charge in [0, 0.05) is 17.3 Å². The fourth-order valence-electron chi connectivity index (χ4n) is 3.64. The van der Waals surface area contributed by atoms with Crippen molar-refractivity contribution in [3.05, 3.63) is 72.6 Å². The zero-order valence-electron chi connectivity index (χ0n) is 20.5. The summed E-state index contributed by atoms with van der Waals surface area (Å²) in [6, 6.07) is 13.5. The molecule has 0 saturated heterocycles. The quantitative estimate of drug-likeness (QED) is 0.173. The Morgan fingerprint density at radius 2 is 1.70 bits per heavy atom. The standard InChI is InChI=1S/C25H19F3N8O4/c1-39-24(38)35-22-32-18-9-7-16(11-20(18)33-22)40-15-5-3-14(4-6-15)31-23(37)34-19-10-13(25(26,27)28)2-8-17(19)21-29-12-30-36-21/h2-12H,1H3,(H,29,30,36)(H2,31,34,37)(H2,32,33,35,38). The van der Waals surface area contributed by atoms with Crippen LogP contribution in [0.5, 0.6) is 11.5 Å². The molecule has 15 heteroatoms. The van der Waals surface area contributed by atoms with Crippen molar-refractivity contribution in [3.8, 4) is 22.9 Å². The molecule has 12 nitrogen and oxygen atoms in total. The third-order valence-corrected chi connectivity index (χ3v) is 5.46. The Kier molecular flexibility index (Phi) is 6.92. The summed E-state index contributed by atoms with van der Waals surface area (Å²) in [7, 11) is 1.24. The predicted octanol–water partition coefficient (Wildman–Crippen LogP) is 5.98. The Balaban J connectivity index is 1.26. The Hall–Kier alpha value is -5.60. The van der Waals surface area contributed by atoms with Gasteiger partial charge in [-0.2, -0.15) is 18.3 Å². The molecule has 0 saturated carbocycles. The minimum atomic E-state index is -4.61. The van der Waals surface area contributed by atoms with Gasteiger partial charge in [-0.15, -0.1) is 0 Å². The highest BCUT2D eigenvalue weighted by Crippen LogP contribution is 2.35. The number of ether oxygens (including phenoxy) is 2. The number of amides is 3. The van der Waals surface area contributed by atoms with Crippen molar-refractivity contribution in [1.82, 2.24) is 25.1 Å². The first-order chi connectivity index (χ1) is 19.2. The molecular formula is C25H19F3N8O4. The number of benzene rings is 3. The van der Waals surface area contributed by atoms with E-state index in [-0.39, 0.29) is 23.0 Å². The number of anilines is 3. The molecule has 0 fully saturated rings. The summed E-state index contributed by atoms with van der Waals surface area (Å²) in [6.07, 6.45) is -4.00. The molecule has 5 N–H and O–H groups in total. The summed E-state index contributed by atoms with van der Waals surface area (Å²) in [5.41, 5.74) is 0.708. The number of alkyl halides is 3. The van der Waals surface area contributed by atoms with Crippen LogP contribution in [0, 0.1) is 0 Å². The lowest BCUT2D eigenvalue weighted by atomic mass is 10.1. The lowest BCUT2D eigenvalue weighted by Crippen LogP contribution is -2.20. The van der Waals surface area contributed by atoms with Gasteiger partial charge in [-0.05, 0) is 54.6 Å². The number of carbonyl (C=O) groups excluding carboxylic acids is 2. The van der Waals surface area contributed by atoms with Crippen LogP contribution in [0.25, 0.3) is 22.4 Å². The van der Waals surface area contributed by atoms with Crippen LogP contribution >= 0.6 is 0 Å². The molecule has 0 aliphatic heterocycles. The van der Waals surface area contributed by atoms with Gasteiger partial charge in [0.05, 0.1) is 29.4 Å². The first kappa shape index (κ1) is 26.0. The number of halogens is 3. The number of imidazole rings is 1. The summed E-state index contributed by atoms with van der Waals surface area (Å²) in [5.74, 6) is 1.24. The van der Waals surface area contributed by atoms with Crippen molar-refractivity contribution in [2.45, 2.75) is 6.18 Å². The van der Waals surface area contributed by atoms with Crippen molar-refractivity contribution in [1.29, 1.82) is 0 Å². The van der Waals surface area contributed by atoms with Crippen LogP contribution in [0.1, 0.15) is 5.56 Å². The van der Waals surface area contributed by atoms with E-state index in [0.717, 1.165) is 12.1 Å². The van der Waals surface area contributed by atoms with E-state index < -0.39 is 23.9 Å². The summed E-state index contributed by atoms with van der Waals surface area (Å²) < 4.78 is 50.1. The highest BCUT2D eigenvalue weighted by atomic mass is 19.4. The molecule has 0 atom stereocenters. The van der Waals surface area contributed by atoms with E-state index in [2.05, 4.69) is 45.8 Å². The third kappa shape index (κ3) is 5.93. The number of nitrogens with zero attached hydrogens (tertiary/aromatic N) is 3. The van der Waals surface area contributed by atoms with Gasteiger partial charge in [0.1, 0.15) is 17.8 Å². The number of urea groups is 1. The number of nitrogens with one attached hydrogen (secondary N) is 5. The smallest absolute Gasteiger partial charge is 0.416 e. The van der Waals surface area contributed by atoms with Crippen molar-refractivity contribution >= 4 is 40.5 Å². The number of H-pyrrole nitrogens is 2. The zero-order valence-corrected chi connectivity index (χ0v) is 20.5. The average Bonchev–Trinajstić information content (AvgIpc) is 3.59. The van der Waals surface area contributed by atoms with Crippen LogP contribution < -0.4 is 20.7 Å².